The maximum atomic E-state index is 12.5. The average Bonchev–Trinajstić information content (AvgIpc) is 3.41. The average molecular weight is 427 g/mol. The van der Waals surface area contributed by atoms with Crippen molar-refractivity contribution in [2.75, 3.05) is 11.4 Å². The molecule has 3 heterocycles. The number of fused-ring (bicyclic) bond motifs is 1. The Bertz CT molecular complexity index is 1110. The maximum Gasteiger partial charge on any atom is 0.341 e. The Morgan fingerprint density at radius 3 is 2.77 bits per heavy atom. The summed E-state index contributed by atoms with van der Waals surface area (Å²) < 4.78 is 11.6. The van der Waals surface area contributed by atoms with Crippen molar-refractivity contribution < 1.29 is 18.7 Å². The molecule has 3 aromatic rings. The lowest BCUT2D eigenvalue weighted by molar-refractivity contribution is 0.0598. The van der Waals surface area contributed by atoms with E-state index in [2.05, 4.69) is 33.1 Å². The molecule has 1 N–H and O–H groups in total. The van der Waals surface area contributed by atoms with E-state index < -0.39 is 5.97 Å². The number of pyridine rings is 1. The lowest BCUT2D eigenvalue weighted by Gasteiger charge is -2.19. The van der Waals surface area contributed by atoms with E-state index in [1.807, 2.05) is 0 Å². The number of rotatable bonds is 4. The molecule has 0 aliphatic heterocycles. The van der Waals surface area contributed by atoms with Gasteiger partial charge in [-0.25, -0.2) is 23.9 Å². The zero-order valence-corrected chi connectivity index (χ0v) is 17.5. The first kappa shape index (κ1) is 20.1. The van der Waals surface area contributed by atoms with Crippen molar-refractivity contribution in [1.82, 2.24) is 20.3 Å². The SMILES string of the molecule is COC(=O)c1cc(-c2cnc3ccc(N(S)C(=O)NC4CCCC4)nc3n2)oc1C. The normalized spacial score (nSPS) is 14.1. The molecular weight excluding hydrogens is 406 g/mol. The highest BCUT2D eigenvalue weighted by molar-refractivity contribution is 7.82. The quantitative estimate of drug-likeness (QED) is 0.483. The number of hydrogen-bond donors (Lipinski definition) is 2. The van der Waals surface area contributed by atoms with E-state index in [-0.39, 0.29) is 12.1 Å². The summed E-state index contributed by atoms with van der Waals surface area (Å²) in [4.78, 5) is 37.5. The molecule has 30 heavy (non-hydrogen) atoms. The van der Waals surface area contributed by atoms with Crippen molar-refractivity contribution in [3.05, 3.63) is 35.7 Å². The number of nitrogens with zero attached hydrogens (tertiary/aromatic N) is 4. The number of aryl methyl sites for hydroxylation is 1. The van der Waals surface area contributed by atoms with Crippen LogP contribution < -0.4 is 9.62 Å². The Hall–Kier alpha value is -3.14. The molecule has 156 valence electrons. The van der Waals surface area contributed by atoms with E-state index in [1.165, 1.54) is 17.6 Å². The van der Waals surface area contributed by atoms with E-state index in [4.69, 9.17) is 9.15 Å². The highest BCUT2D eigenvalue weighted by atomic mass is 32.1. The van der Waals surface area contributed by atoms with Gasteiger partial charge in [-0.1, -0.05) is 25.7 Å². The van der Waals surface area contributed by atoms with E-state index in [9.17, 15) is 9.59 Å². The smallest absolute Gasteiger partial charge is 0.341 e. The first-order chi connectivity index (χ1) is 14.5. The van der Waals surface area contributed by atoms with Crippen LogP contribution in [-0.4, -0.2) is 40.1 Å². The fraction of sp³-hybridized carbons (Fsp3) is 0.350. The minimum absolute atomic E-state index is 0.171. The Kier molecular flexibility index (Phi) is 5.58. The van der Waals surface area contributed by atoms with Crippen LogP contribution in [0.15, 0.2) is 28.8 Å². The summed E-state index contributed by atoms with van der Waals surface area (Å²) in [6.07, 6.45) is 5.73. The fourth-order valence-electron chi connectivity index (χ4n) is 3.46. The summed E-state index contributed by atoms with van der Waals surface area (Å²) in [6, 6.07) is 4.77. The molecule has 9 nitrogen and oxygen atoms in total. The molecule has 0 aromatic carbocycles. The standard InChI is InChI=1S/C20H21N5O4S/c1-11-13(19(26)28-2)9-16(29-11)15-10-21-14-7-8-17(24-18(14)23-15)25(30)20(27)22-12-5-3-4-6-12/h7-10,12,30H,3-6H2,1-2H3,(H,22,27). The summed E-state index contributed by atoms with van der Waals surface area (Å²) in [7, 11) is 1.31. The molecule has 1 aliphatic carbocycles. The lowest BCUT2D eigenvalue weighted by atomic mass is 10.2. The first-order valence-corrected chi connectivity index (χ1v) is 9.98. The molecule has 0 spiro atoms. The molecule has 3 aromatic heterocycles. The van der Waals surface area contributed by atoms with Gasteiger partial charge in [0.25, 0.3) is 0 Å². The van der Waals surface area contributed by atoms with Crippen LogP contribution in [0.3, 0.4) is 0 Å². The minimum Gasteiger partial charge on any atom is -0.465 e. The molecule has 4 rings (SSSR count). The number of aromatic nitrogens is 3. The van der Waals surface area contributed by atoms with Crippen LogP contribution in [0.1, 0.15) is 41.8 Å². The van der Waals surface area contributed by atoms with Gasteiger partial charge in [-0.3, -0.25) is 4.98 Å². The molecule has 1 fully saturated rings. The highest BCUT2D eigenvalue weighted by Gasteiger charge is 2.22. The third kappa shape index (κ3) is 3.95. The maximum absolute atomic E-state index is 12.5. The molecular formula is C20H21N5O4S. The first-order valence-electron chi connectivity index (χ1n) is 9.58. The van der Waals surface area contributed by atoms with Gasteiger partial charge in [0, 0.05) is 12.1 Å². The largest absolute Gasteiger partial charge is 0.465 e. The third-order valence-electron chi connectivity index (χ3n) is 5.06. The van der Waals surface area contributed by atoms with Crippen molar-refractivity contribution in [2.24, 2.45) is 0 Å². The molecule has 2 amide bonds. The Morgan fingerprint density at radius 2 is 2.03 bits per heavy atom. The van der Waals surface area contributed by atoms with E-state index >= 15 is 0 Å². The zero-order valence-electron chi connectivity index (χ0n) is 16.6. The predicted molar refractivity (Wildman–Crippen MR) is 113 cm³/mol. The van der Waals surface area contributed by atoms with Crippen molar-refractivity contribution >= 4 is 41.8 Å². The second-order valence-electron chi connectivity index (χ2n) is 7.08. The number of urea groups is 1. The minimum atomic E-state index is -0.490. The number of carbonyl (C=O) groups excluding carboxylic acids is 2. The summed E-state index contributed by atoms with van der Waals surface area (Å²) in [6.45, 7) is 1.67. The summed E-state index contributed by atoms with van der Waals surface area (Å²) in [5, 5.41) is 2.96. The number of amides is 2. The molecule has 1 aliphatic rings. The van der Waals surface area contributed by atoms with Gasteiger partial charge >= 0.3 is 12.0 Å². The second-order valence-corrected chi connectivity index (χ2v) is 7.48. The van der Waals surface area contributed by atoms with Gasteiger partial charge in [0.15, 0.2) is 11.4 Å². The fourth-order valence-corrected chi connectivity index (χ4v) is 3.62. The Balaban J connectivity index is 1.61. The van der Waals surface area contributed by atoms with E-state index in [0.29, 0.717) is 39.8 Å². The monoisotopic (exact) mass is 427 g/mol. The number of furan rings is 1. The van der Waals surface area contributed by atoms with E-state index in [0.717, 1.165) is 25.7 Å². The van der Waals surface area contributed by atoms with Crippen LogP contribution in [0.5, 0.6) is 0 Å². The molecule has 0 radical (unpaired) electrons. The van der Waals surface area contributed by atoms with Crippen LogP contribution in [0.4, 0.5) is 10.6 Å². The number of ether oxygens (including phenoxy) is 1. The van der Waals surface area contributed by atoms with Gasteiger partial charge in [0.1, 0.15) is 28.4 Å². The van der Waals surface area contributed by atoms with Crippen LogP contribution >= 0.6 is 12.8 Å². The van der Waals surface area contributed by atoms with Crippen molar-refractivity contribution in [2.45, 2.75) is 38.6 Å². The Labute approximate surface area is 178 Å². The molecule has 1 saturated carbocycles. The number of esters is 1. The second kappa shape index (κ2) is 8.31. The predicted octanol–water partition coefficient (Wildman–Crippen LogP) is 3.68. The van der Waals surface area contributed by atoms with Crippen molar-refractivity contribution in [1.29, 1.82) is 0 Å². The number of thiol groups is 1. The van der Waals surface area contributed by atoms with Gasteiger partial charge in [-0.05, 0) is 31.9 Å². The zero-order chi connectivity index (χ0) is 21.3. The van der Waals surface area contributed by atoms with Crippen molar-refractivity contribution in [3.63, 3.8) is 0 Å². The topological polar surface area (TPSA) is 110 Å². The molecule has 0 unspecified atom stereocenters. The van der Waals surface area contributed by atoms with Crippen LogP contribution in [0.2, 0.25) is 0 Å². The highest BCUT2D eigenvalue weighted by Crippen LogP contribution is 2.26. The van der Waals surface area contributed by atoms with E-state index in [1.54, 1.807) is 25.1 Å². The van der Waals surface area contributed by atoms with Gasteiger partial charge in [-0.2, -0.15) is 0 Å². The number of nitrogens with one attached hydrogen (secondary N) is 1. The van der Waals surface area contributed by atoms with Crippen LogP contribution in [0, 0.1) is 6.92 Å². The molecule has 0 bridgehead atoms. The summed E-state index contributed by atoms with van der Waals surface area (Å²) in [5.74, 6) is 0.635. The number of carbonyl (C=O) groups is 2. The summed E-state index contributed by atoms with van der Waals surface area (Å²) in [5.41, 5.74) is 1.61. The molecule has 0 saturated heterocycles. The van der Waals surface area contributed by atoms with Crippen LogP contribution in [-0.2, 0) is 4.74 Å². The summed E-state index contributed by atoms with van der Waals surface area (Å²) >= 11 is 4.30. The number of anilines is 1. The van der Waals surface area contributed by atoms with Gasteiger partial charge in [-0.15, -0.1) is 0 Å². The van der Waals surface area contributed by atoms with Gasteiger partial charge in [0.2, 0.25) is 0 Å². The van der Waals surface area contributed by atoms with Crippen LogP contribution in [0.25, 0.3) is 22.6 Å². The molecule has 0 atom stereocenters. The molecule has 10 heteroatoms. The van der Waals surface area contributed by atoms with Gasteiger partial charge < -0.3 is 14.5 Å². The van der Waals surface area contributed by atoms with Crippen molar-refractivity contribution in [3.8, 4) is 11.5 Å². The lowest BCUT2D eigenvalue weighted by Crippen LogP contribution is -2.40. The third-order valence-corrected chi connectivity index (χ3v) is 5.45. The number of methoxy groups -OCH3 is 1. The van der Waals surface area contributed by atoms with Gasteiger partial charge in [0.05, 0.1) is 13.3 Å². The Morgan fingerprint density at radius 1 is 1.27 bits per heavy atom. The number of hydrogen-bond acceptors (Lipinski definition) is 8.